The molecule has 2 saturated carbocycles. The van der Waals surface area contributed by atoms with Gasteiger partial charge in [-0.3, -0.25) is 0 Å². The molecule has 1 aromatic carbocycles. The number of hydrogen-bond donors (Lipinski definition) is 3. The van der Waals surface area contributed by atoms with Gasteiger partial charge in [-0.25, -0.2) is 19.6 Å². The van der Waals surface area contributed by atoms with E-state index in [-0.39, 0.29) is 12.1 Å². The second-order valence-corrected chi connectivity index (χ2v) is 8.55. The molecule has 0 saturated heterocycles. The highest BCUT2D eigenvalue weighted by molar-refractivity contribution is 5.83. The Morgan fingerprint density at radius 2 is 1.90 bits per heavy atom. The maximum Gasteiger partial charge on any atom is 0.179 e. The number of para-hydroxylation sites is 2. The molecule has 0 aliphatic heterocycles. The van der Waals surface area contributed by atoms with Crippen LogP contribution in [0.4, 0.5) is 5.82 Å². The SMILES string of the molecule is OC1CCC(n2nc(NCc3nc4ccccc4[nH]3)c3ncc(C4CC4)nc32)CC1. The molecule has 4 aromatic rings. The molecular formula is C22H25N7O. The number of nitrogens with zero attached hydrogens (tertiary/aromatic N) is 5. The second-order valence-electron chi connectivity index (χ2n) is 8.55. The van der Waals surface area contributed by atoms with Crippen molar-refractivity contribution in [3.8, 4) is 0 Å². The third kappa shape index (κ3) is 3.21. The van der Waals surface area contributed by atoms with E-state index >= 15 is 0 Å². The first-order valence-corrected chi connectivity index (χ1v) is 10.9. The van der Waals surface area contributed by atoms with Crippen LogP contribution in [0.2, 0.25) is 0 Å². The standard InChI is InChI=1S/C22H25N7O/c30-15-9-7-14(8-10-15)29-22-20(23-11-18(27-22)13-5-6-13)21(28-29)24-12-19-25-16-3-1-2-4-17(16)26-19/h1-4,11,13-15,30H,5-10,12H2,(H,24,28)(H,25,26). The van der Waals surface area contributed by atoms with Crippen molar-refractivity contribution in [3.63, 3.8) is 0 Å². The lowest BCUT2D eigenvalue weighted by Crippen LogP contribution is -2.22. The van der Waals surface area contributed by atoms with Crippen LogP contribution in [-0.4, -0.2) is 40.9 Å². The molecule has 0 unspecified atom stereocenters. The van der Waals surface area contributed by atoms with Gasteiger partial charge in [-0.1, -0.05) is 12.1 Å². The van der Waals surface area contributed by atoms with E-state index in [9.17, 15) is 5.11 Å². The average molecular weight is 403 g/mol. The third-order valence-electron chi connectivity index (χ3n) is 6.29. The van der Waals surface area contributed by atoms with Crippen LogP contribution in [0.1, 0.15) is 62.0 Å². The van der Waals surface area contributed by atoms with Crippen LogP contribution in [0.15, 0.2) is 30.5 Å². The smallest absolute Gasteiger partial charge is 0.179 e. The Labute approximate surface area is 173 Å². The van der Waals surface area contributed by atoms with Crippen LogP contribution < -0.4 is 5.32 Å². The lowest BCUT2D eigenvalue weighted by atomic mass is 9.93. The molecule has 2 fully saturated rings. The summed E-state index contributed by atoms with van der Waals surface area (Å²) in [6.07, 6.45) is 7.55. The first kappa shape index (κ1) is 17.8. The Kier molecular flexibility index (Phi) is 4.19. The lowest BCUT2D eigenvalue weighted by molar-refractivity contribution is 0.109. The van der Waals surface area contributed by atoms with Gasteiger partial charge in [-0.05, 0) is 50.7 Å². The van der Waals surface area contributed by atoms with E-state index in [0.717, 1.165) is 65.2 Å². The van der Waals surface area contributed by atoms with E-state index < -0.39 is 0 Å². The first-order chi connectivity index (χ1) is 14.7. The molecule has 0 bridgehead atoms. The number of nitrogens with one attached hydrogen (secondary N) is 2. The van der Waals surface area contributed by atoms with Crippen molar-refractivity contribution in [3.05, 3.63) is 42.0 Å². The molecule has 2 aliphatic carbocycles. The minimum absolute atomic E-state index is 0.193. The topological polar surface area (TPSA) is 105 Å². The average Bonchev–Trinajstić information content (AvgIpc) is 3.44. The fourth-order valence-electron chi connectivity index (χ4n) is 4.43. The van der Waals surface area contributed by atoms with E-state index in [4.69, 9.17) is 15.1 Å². The van der Waals surface area contributed by atoms with E-state index in [1.807, 2.05) is 35.1 Å². The number of aromatic nitrogens is 6. The Bertz CT molecular complexity index is 1170. The van der Waals surface area contributed by atoms with Crippen molar-refractivity contribution in [2.75, 3.05) is 5.32 Å². The normalized spacial score (nSPS) is 22.0. The molecule has 30 heavy (non-hydrogen) atoms. The van der Waals surface area contributed by atoms with Crippen molar-refractivity contribution in [2.45, 2.75) is 63.1 Å². The molecule has 0 spiro atoms. The zero-order valence-electron chi connectivity index (χ0n) is 16.8. The van der Waals surface area contributed by atoms with Gasteiger partial charge in [0.25, 0.3) is 0 Å². The van der Waals surface area contributed by atoms with Gasteiger partial charge in [-0.15, -0.1) is 0 Å². The number of imidazole rings is 1. The predicted octanol–water partition coefficient (Wildman–Crippen LogP) is 3.67. The number of rotatable bonds is 5. The number of benzene rings is 1. The molecule has 8 nitrogen and oxygen atoms in total. The summed E-state index contributed by atoms with van der Waals surface area (Å²) in [7, 11) is 0. The van der Waals surface area contributed by atoms with Crippen LogP contribution in [0, 0.1) is 0 Å². The van der Waals surface area contributed by atoms with Gasteiger partial charge in [-0.2, -0.15) is 5.10 Å². The molecule has 3 aromatic heterocycles. The highest BCUT2D eigenvalue weighted by Crippen LogP contribution is 2.40. The fourth-order valence-corrected chi connectivity index (χ4v) is 4.43. The molecule has 154 valence electrons. The van der Waals surface area contributed by atoms with Gasteiger partial charge in [0.15, 0.2) is 17.0 Å². The third-order valence-corrected chi connectivity index (χ3v) is 6.29. The summed E-state index contributed by atoms with van der Waals surface area (Å²) < 4.78 is 2.04. The van der Waals surface area contributed by atoms with Crippen LogP contribution in [-0.2, 0) is 6.54 Å². The molecule has 8 heteroatoms. The largest absolute Gasteiger partial charge is 0.393 e. The number of aliphatic hydroxyl groups excluding tert-OH is 1. The summed E-state index contributed by atoms with van der Waals surface area (Å²) in [6, 6.07) is 8.27. The lowest BCUT2D eigenvalue weighted by Gasteiger charge is -2.25. The van der Waals surface area contributed by atoms with Gasteiger partial charge >= 0.3 is 0 Å². The molecule has 3 N–H and O–H groups in total. The Hall–Kier alpha value is -3.00. The Balaban J connectivity index is 1.33. The van der Waals surface area contributed by atoms with Crippen molar-refractivity contribution in [2.24, 2.45) is 0 Å². The minimum atomic E-state index is -0.193. The monoisotopic (exact) mass is 403 g/mol. The summed E-state index contributed by atoms with van der Waals surface area (Å²) in [6.45, 7) is 0.538. The maximum atomic E-state index is 9.91. The summed E-state index contributed by atoms with van der Waals surface area (Å²) in [5.41, 5.74) is 4.72. The van der Waals surface area contributed by atoms with Gasteiger partial charge in [0, 0.05) is 12.1 Å². The van der Waals surface area contributed by atoms with Crippen molar-refractivity contribution < 1.29 is 5.11 Å². The van der Waals surface area contributed by atoms with E-state index in [2.05, 4.69) is 15.3 Å². The molecule has 6 rings (SSSR count). The Morgan fingerprint density at radius 1 is 1.07 bits per heavy atom. The highest BCUT2D eigenvalue weighted by Gasteiger charge is 2.29. The molecular weight excluding hydrogens is 378 g/mol. The van der Waals surface area contributed by atoms with Gasteiger partial charge in [0.05, 0.1) is 35.4 Å². The number of anilines is 1. The minimum Gasteiger partial charge on any atom is -0.393 e. The molecule has 3 heterocycles. The highest BCUT2D eigenvalue weighted by atomic mass is 16.3. The predicted molar refractivity (Wildman–Crippen MR) is 114 cm³/mol. The quantitative estimate of drug-likeness (QED) is 0.470. The van der Waals surface area contributed by atoms with Gasteiger partial charge in [0.2, 0.25) is 0 Å². The summed E-state index contributed by atoms with van der Waals surface area (Å²) in [5, 5.41) is 18.2. The van der Waals surface area contributed by atoms with Gasteiger partial charge < -0.3 is 15.4 Å². The van der Waals surface area contributed by atoms with Crippen LogP contribution in [0.25, 0.3) is 22.2 Å². The number of H-pyrrole nitrogens is 1. The first-order valence-electron chi connectivity index (χ1n) is 10.9. The summed E-state index contributed by atoms with van der Waals surface area (Å²) in [5.74, 6) is 2.15. The number of hydrogen-bond acceptors (Lipinski definition) is 6. The number of aromatic amines is 1. The van der Waals surface area contributed by atoms with Gasteiger partial charge in [0.1, 0.15) is 5.82 Å². The van der Waals surface area contributed by atoms with E-state index in [1.165, 1.54) is 12.8 Å². The molecule has 0 atom stereocenters. The van der Waals surface area contributed by atoms with Crippen LogP contribution >= 0.6 is 0 Å². The zero-order valence-corrected chi connectivity index (χ0v) is 16.8. The second kappa shape index (κ2) is 7.05. The Morgan fingerprint density at radius 3 is 2.70 bits per heavy atom. The van der Waals surface area contributed by atoms with Crippen molar-refractivity contribution in [1.82, 2.24) is 29.7 Å². The van der Waals surface area contributed by atoms with E-state index in [0.29, 0.717) is 12.5 Å². The molecule has 2 aliphatic rings. The van der Waals surface area contributed by atoms with Crippen LogP contribution in [0.3, 0.4) is 0 Å². The fraction of sp³-hybridized carbons (Fsp3) is 0.455. The number of aliphatic hydroxyl groups is 1. The van der Waals surface area contributed by atoms with Crippen molar-refractivity contribution >= 4 is 28.0 Å². The van der Waals surface area contributed by atoms with Crippen LogP contribution in [0.5, 0.6) is 0 Å². The number of fused-ring (bicyclic) bond motifs is 2. The molecule has 0 amide bonds. The van der Waals surface area contributed by atoms with Crippen molar-refractivity contribution in [1.29, 1.82) is 0 Å². The van der Waals surface area contributed by atoms with E-state index in [1.54, 1.807) is 0 Å². The summed E-state index contributed by atoms with van der Waals surface area (Å²) in [4.78, 5) is 17.7. The molecule has 0 radical (unpaired) electrons. The maximum absolute atomic E-state index is 9.91. The summed E-state index contributed by atoms with van der Waals surface area (Å²) >= 11 is 0. The zero-order chi connectivity index (χ0) is 20.1.